The number of halogens is 1. The highest BCUT2D eigenvalue weighted by Crippen LogP contribution is 2.29. The predicted octanol–water partition coefficient (Wildman–Crippen LogP) is 3.50. The Labute approximate surface area is 124 Å². The number of para-hydroxylation sites is 1. The maximum atomic E-state index is 13.1. The van der Waals surface area contributed by atoms with Crippen molar-refractivity contribution in [2.75, 3.05) is 20.8 Å². The van der Waals surface area contributed by atoms with Crippen LogP contribution in [0.2, 0.25) is 0 Å². The van der Waals surface area contributed by atoms with E-state index in [0.717, 1.165) is 11.1 Å². The van der Waals surface area contributed by atoms with Crippen molar-refractivity contribution in [2.24, 2.45) is 4.99 Å². The van der Waals surface area contributed by atoms with Crippen LogP contribution in [0, 0.1) is 5.82 Å². The molecule has 0 atom stereocenters. The number of hydrogen-bond acceptors (Lipinski definition) is 3. The molecule has 0 saturated heterocycles. The molecule has 0 amide bonds. The number of benzene rings is 2. The molecule has 0 fully saturated rings. The van der Waals surface area contributed by atoms with Gasteiger partial charge in [0, 0.05) is 18.3 Å². The first-order valence-electron chi connectivity index (χ1n) is 6.70. The van der Waals surface area contributed by atoms with Gasteiger partial charge >= 0.3 is 0 Å². The summed E-state index contributed by atoms with van der Waals surface area (Å²) in [6.45, 7) is 0.587. The van der Waals surface area contributed by atoms with E-state index in [0.29, 0.717) is 24.5 Å². The zero-order valence-electron chi connectivity index (χ0n) is 12.2. The number of methoxy groups -OCH3 is 2. The molecule has 2 aromatic rings. The Kier molecular flexibility index (Phi) is 5.32. The lowest BCUT2D eigenvalue weighted by Crippen LogP contribution is -1.96. The average molecular weight is 287 g/mol. The van der Waals surface area contributed by atoms with Gasteiger partial charge < -0.3 is 9.47 Å². The van der Waals surface area contributed by atoms with Crippen LogP contribution in [0.1, 0.15) is 11.1 Å². The van der Waals surface area contributed by atoms with Crippen molar-refractivity contribution < 1.29 is 13.9 Å². The fraction of sp³-hybridized carbons (Fsp3) is 0.235. The van der Waals surface area contributed by atoms with E-state index < -0.39 is 0 Å². The third kappa shape index (κ3) is 4.05. The number of hydrogen-bond donors (Lipinski definition) is 0. The molecule has 0 spiro atoms. The zero-order valence-corrected chi connectivity index (χ0v) is 12.2. The van der Waals surface area contributed by atoms with Gasteiger partial charge in [-0.1, -0.05) is 18.2 Å². The van der Waals surface area contributed by atoms with Crippen molar-refractivity contribution in [3.05, 3.63) is 59.4 Å². The maximum absolute atomic E-state index is 13.1. The van der Waals surface area contributed by atoms with Gasteiger partial charge in [0.1, 0.15) is 5.82 Å². The molecule has 0 radical (unpaired) electrons. The van der Waals surface area contributed by atoms with Crippen molar-refractivity contribution in [3.63, 3.8) is 0 Å². The molecule has 0 heterocycles. The molecule has 2 rings (SSSR count). The number of rotatable bonds is 6. The van der Waals surface area contributed by atoms with E-state index >= 15 is 0 Å². The number of nitrogens with zero attached hydrogens (tertiary/aromatic N) is 1. The lowest BCUT2D eigenvalue weighted by atomic mass is 10.1. The van der Waals surface area contributed by atoms with E-state index in [1.807, 2.05) is 24.3 Å². The quantitative estimate of drug-likeness (QED) is 0.761. The number of aliphatic imine (C=N–C) groups is 1. The summed E-state index contributed by atoms with van der Waals surface area (Å²) in [6.07, 6.45) is 2.45. The third-order valence-corrected chi connectivity index (χ3v) is 3.08. The largest absolute Gasteiger partial charge is 0.493 e. The second-order valence-electron chi connectivity index (χ2n) is 4.50. The summed E-state index contributed by atoms with van der Waals surface area (Å²) in [5.74, 6) is 1.12. The van der Waals surface area contributed by atoms with Crippen LogP contribution in [0.4, 0.5) is 4.39 Å². The third-order valence-electron chi connectivity index (χ3n) is 3.08. The molecular weight excluding hydrogens is 269 g/mol. The van der Waals surface area contributed by atoms with Crippen LogP contribution in [0.25, 0.3) is 0 Å². The van der Waals surface area contributed by atoms with Crippen LogP contribution in [-0.2, 0) is 6.42 Å². The summed E-state index contributed by atoms with van der Waals surface area (Å²) in [7, 11) is 3.20. The van der Waals surface area contributed by atoms with Crippen LogP contribution < -0.4 is 9.47 Å². The highest BCUT2D eigenvalue weighted by Gasteiger charge is 2.06. The van der Waals surface area contributed by atoms with Crippen LogP contribution in [-0.4, -0.2) is 27.0 Å². The summed E-state index contributed by atoms with van der Waals surface area (Å²) in [4.78, 5) is 4.37. The van der Waals surface area contributed by atoms with Crippen molar-refractivity contribution in [1.82, 2.24) is 0 Å². The normalized spacial score (nSPS) is 10.8. The van der Waals surface area contributed by atoms with Gasteiger partial charge in [0.15, 0.2) is 11.5 Å². The highest BCUT2D eigenvalue weighted by atomic mass is 19.1. The van der Waals surface area contributed by atoms with Crippen LogP contribution in [0.15, 0.2) is 47.5 Å². The summed E-state index contributed by atoms with van der Waals surface area (Å²) in [5, 5.41) is 0. The molecule has 3 nitrogen and oxygen atoms in total. The minimum atomic E-state index is -0.217. The van der Waals surface area contributed by atoms with Crippen molar-refractivity contribution >= 4 is 6.21 Å². The van der Waals surface area contributed by atoms with Crippen molar-refractivity contribution in [2.45, 2.75) is 6.42 Å². The second kappa shape index (κ2) is 7.43. The Morgan fingerprint density at radius 1 is 1.10 bits per heavy atom. The lowest BCUT2D eigenvalue weighted by molar-refractivity contribution is 0.354. The Hall–Kier alpha value is -2.36. The molecule has 21 heavy (non-hydrogen) atoms. The van der Waals surface area contributed by atoms with Gasteiger partial charge in [-0.15, -0.1) is 0 Å². The highest BCUT2D eigenvalue weighted by molar-refractivity contribution is 5.85. The van der Waals surface area contributed by atoms with Gasteiger partial charge in [0.05, 0.1) is 14.2 Å². The minimum absolute atomic E-state index is 0.217. The molecule has 0 N–H and O–H groups in total. The Balaban J connectivity index is 2.01. The Bertz CT molecular complexity index is 626. The van der Waals surface area contributed by atoms with Crippen molar-refractivity contribution in [3.8, 4) is 11.5 Å². The molecule has 0 unspecified atom stereocenters. The summed E-state index contributed by atoms with van der Waals surface area (Å²) >= 11 is 0. The topological polar surface area (TPSA) is 30.8 Å². The van der Waals surface area contributed by atoms with E-state index in [1.165, 1.54) is 12.1 Å². The van der Waals surface area contributed by atoms with E-state index in [2.05, 4.69) is 4.99 Å². The van der Waals surface area contributed by atoms with Crippen molar-refractivity contribution in [1.29, 1.82) is 0 Å². The molecule has 4 heteroatoms. The SMILES string of the molecule is COc1cccc(C=NCCc2cccc(F)c2)c1OC. The molecule has 110 valence electrons. The van der Waals surface area contributed by atoms with Gasteiger partial charge in [-0.2, -0.15) is 0 Å². The summed E-state index contributed by atoms with van der Waals surface area (Å²) in [5.41, 5.74) is 1.79. The Morgan fingerprint density at radius 3 is 2.62 bits per heavy atom. The smallest absolute Gasteiger partial charge is 0.169 e. The van der Waals surface area contributed by atoms with Gasteiger partial charge in [-0.05, 0) is 36.2 Å². The fourth-order valence-corrected chi connectivity index (χ4v) is 2.06. The van der Waals surface area contributed by atoms with E-state index in [1.54, 1.807) is 26.5 Å². The number of ether oxygens (including phenoxy) is 2. The molecule has 0 aromatic heterocycles. The monoisotopic (exact) mass is 287 g/mol. The summed E-state index contributed by atoms with van der Waals surface area (Å²) < 4.78 is 23.6. The van der Waals surface area contributed by atoms with Gasteiger partial charge in [0.2, 0.25) is 0 Å². The molecule has 2 aromatic carbocycles. The molecule has 0 saturated carbocycles. The predicted molar refractivity (Wildman–Crippen MR) is 82.1 cm³/mol. The molecule has 0 aliphatic heterocycles. The van der Waals surface area contributed by atoms with Gasteiger partial charge in [0.25, 0.3) is 0 Å². The molecule has 0 bridgehead atoms. The average Bonchev–Trinajstić information content (AvgIpc) is 2.51. The first kappa shape index (κ1) is 15.0. The van der Waals surface area contributed by atoms with E-state index in [4.69, 9.17) is 9.47 Å². The zero-order chi connectivity index (χ0) is 15.1. The first-order valence-corrected chi connectivity index (χ1v) is 6.70. The van der Waals surface area contributed by atoms with Gasteiger partial charge in [-0.3, -0.25) is 4.99 Å². The van der Waals surface area contributed by atoms with Crippen LogP contribution in [0.3, 0.4) is 0 Å². The molecule has 0 aliphatic rings. The Morgan fingerprint density at radius 2 is 1.90 bits per heavy atom. The lowest BCUT2D eigenvalue weighted by Gasteiger charge is -2.09. The maximum Gasteiger partial charge on any atom is 0.169 e. The van der Waals surface area contributed by atoms with Crippen LogP contribution >= 0.6 is 0 Å². The molecular formula is C17H18FNO2. The summed E-state index contributed by atoms with van der Waals surface area (Å²) in [6, 6.07) is 12.2. The standard InChI is InChI=1S/C17H18FNO2/c1-20-16-8-4-6-14(17(16)21-2)12-19-10-9-13-5-3-7-15(18)11-13/h3-8,11-12H,9-10H2,1-2H3. The fourth-order valence-electron chi connectivity index (χ4n) is 2.06. The van der Waals surface area contributed by atoms with Gasteiger partial charge in [-0.25, -0.2) is 4.39 Å². The van der Waals surface area contributed by atoms with E-state index in [-0.39, 0.29) is 5.82 Å². The van der Waals surface area contributed by atoms with Crippen LogP contribution in [0.5, 0.6) is 11.5 Å². The first-order chi connectivity index (χ1) is 10.2. The molecule has 0 aliphatic carbocycles. The van der Waals surface area contributed by atoms with E-state index in [9.17, 15) is 4.39 Å². The minimum Gasteiger partial charge on any atom is -0.493 e. The second-order valence-corrected chi connectivity index (χ2v) is 4.50.